The number of nitrogens with zero attached hydrogens (tertiary/aromatic N) is 3. The van der Waals surface area contributed by atoms with E-state index >= 15 is 0 Å². The molecular formula is C13H17FN4. The van der Waals surface area contributed by atoms with Crippen LogP contribution in [0.2, 0.25) is 0 Å². The SMILES string of the molecule is Cc1nc(C)n(C(c2cccc(F)c2)C(C)N)n1. The predicted molar refractivity (Wildman–Crippen MR) is 67.7 cm³/mol. The van der Waals surface area contributed by atoms with Gasteiger partial charge in [0.25, 0.3) is 0 Å². The number of hydrogen-bond donors (Lipinski definition) is 1. The summed E-state index contributed by atoms with van der Waals surface area (Å²) < 4.78 is 15.1. The molecule has 0 bridgehead atoms. The van der Waals surface area contributed by atoms with E-state index in [2.05, 4.69) is 10.1 Å². The van der Waals surface area contributed by atoms with Crippen LogP contribution >= 0.6 is 0 Å². The van der Waals surface area contributed by atoms with E-state index in [-0.39, 0.29) is 17.9 Å². The van der Waals surface area contributed by atoms with Crippen molar-refractivity contribution in [1.29, 1.82) is 0 Å². The molecule has 2 unspecified atom stereocenters. The maximum atomic E-state index is 13.3. The summed E-state index contributed by atoms with van der Waals surface area (Å²) >= 11 is 0. The van der Waals surface area contributed by atoms with Crippen molar-refractivity contribution in [2.75, 3.05) is 0 Å². The van der Waals surface area contributed by atoms with Crippen molar-refractivity contribution in [3.63, 3.8) is 0 Å². The van der Waals surface area contributed by atoms with Crippen molar-refractivity contribution >= 4 is 0 Å². The van der Waals surface area contributed by atoms with E-state index < -0.39 is 0 Å². The molecule has 2 atom stereocenters. The van der Waals surface area contributed by atoms with Gasteiger partial charge in [-0.05, 0) is 38.5 Å². The van der Waals surface area contributed by atoms with E-state index in [1.165, 1.54) is 12.1 Å². The van der Waals surface area contributed by atoms with Crippen LogP contribution in [0.1, 0.15) is 30.2 Å². The zero-order valence-electron chi connectivity index (χ0n) is 10.8. The Balaban J connectivity index is 2.50. The Morgan fingerprint density at radius 1 is 1.33 bits per heavy atom. The number of halogens is 1. The minimum atomic E-state index is -0.271. The largest absolute Gasteiger partial charge is 0.326 e. The summed E-state index contributed by atoms with van der Waals surface area (Å²) in [5.41, 5.74) is 6.82. The highest BCUT2D eigenvalue weighted by molar-refractivity contribution is 5.22. The first kappa shape index (κ1) is 12.7. The fourth-order valence-electron chi connectivity index (χ4n) is 2.16. The van der Waals surface area contributed by atoms with E-state index in [4.69, 9.17) is 5.73 Å². The summed E-state index contributed by atoms with van der Waals surface area (Å²) in [4.78, 5) is 4.26. The van der Waals surface area contributed by atoms with E-state index in [1.54, 1.807) is 10.7 Å². The zero-order valence-corrected chi connectivity index (χ0v) is 10.8. The molecule has 1 aromatic carbocycles. The van der Waals surface area contributed by atoms with Gasteiger partial charge in [0.1, 0.15) is 17.5 Å². The summed E-state index contributed by atoms with van der Waals surface area (Å²) in [7, 11) is 0. The molecule has 1 aromatic heterocycles. The van der Waals surface area contributed by atoms with Crippen LogP contribution in [0.5, 0.6) is 0 Å². The van der Waals surface area contributed by atoms with Gasteiger partial charge in [0.15, 0.2) is 0 Å². The fraction of sp³-hybridized carbons (Fsp3) is 0.385. The monoisotopic (exact) mass is 248 g/mol. The molecule has 0 radical (unpaired) electrons. The summed E-state index contributed by atoms with van der Waals surface area (Å²) in [6, 6.07) is 6.05. The molecular weight excluding hydrogens is 231 g/mol. The molecule has 5 heteroatoms. The number of benzene rings is 1. The lowest BCUT2D eigenvalue weighted by Crippen LogP contribution is -2.31. The van der Waals surface area contributed by atoms with Gasteiger partial charge in [0.05, 0.1) is 6.04 Å². The molecule has 0 spiro atoms. The van der Waals surface area contributed by atoms with E-state index in [1.807, 2.05) is 26.8 Å². The Kier molecular flexibility index (Phi) is 3.43. The Bertz CT molecular complexity index is 548. The van der Waals surface area contributed by atoms with Gasteiger partial charge in [-0.1, -0.05) is 12.1 Å². The third-order valence-corrected chi connectivity index (χ3v) is 2.86. The van der Waals surface area contributed by atoms with Crippen molar-refractivity contribution in [3.8, 4) is 0 Å². The summed E-state index contributed by atoms with van der Waals surface area (Å²) in [6.45, 7) is 5.58. The average molecular weight is 248 g/mol. The second kappa shape index (κ2) is 4.86. The Hall–Kier alpha value is -1.75. The van der Waals surface area contributed by atoms with E-state index in [0.717, 1.165) is 11.4 Å². The molecule has 0 amide bonds. The van der Waals surface area contributed by atoms with Crippen LogP contribution in [0.25, 0.3) is 0 Å². The molecule has 0 aliphatic heterocycles. The Morgan fingerprint density at radius 2 is 2.06 bits per heavy atom. The van der Waals surface area contributed by atoms with E-state index in [0.29, 0.717) is 5.82 Å². The number of hydrogen-bond acceptors (Lipinski definition) is 3. The van der Waals surface area contributed by atoms with Crippen LogP contribution in [-0.4, -0.2) is 20.8 Å². The summed E-state index contributed by atoms with van der Waals surface area (Å²) in [5.74, 6) is 1.20. The molecule has 96 valence electrons. The average Bonchev–Trinajstić information content (AvgIpc) is 2.58. The van der Waals surface area contributed by atoms with Crippen LogP contribution in [0.15, 0.2) is 24.3 Å². The van der Waals surface area contributed by atoms with Gasteiger partial charge in [0, 0.05) is 6.04 Å². The first-order valence-corrected chi connectivity index (χ1v) is 5.90. The predicted octanol–water partition coefficient (Wildman–Crippen LogP) is 1.97. The summed E-state index contributed by atoms with van der Waals surface area (Å²) in [5, 5.41) is 4.34. The maximum Gasteiger partial charge on any atom is 0.147 e. The van der Waals surface area contributed by atoms with Crippen LogP contribution in [0.3, 0.4) is 0 Å². The van der Waals surface area contributed by atoms with Gasteiger partial charge in [-0.3, -0.25) is 0 Å². The molecule has 0 fully saturated rings. The lowest BCUT2D eigenvalue weighted by molar-refractivity contribution is 0.440. The minimum absolute atomic E-state index is 0.188. The molecule has 0 saturated carbocycles. The van der Waals surface area contributed by atoms with Crippen molar-refractivity contribution in [1.82, 2.24) is 14.8 Å². The van der Waals surface area contributed by atoms with Crippen molar-refractivity contribution in [2.24, 2.45) is 5.73 Å². The lowest BCUT2D eigenvalue weighted by Gasteiger charge is -2.22. The van der Waals surface area contributed by atoms with Crippen LogP contribution < -0.4 is 5.73 Å². The van der Waals surface area contributed by atoms with Gasteiger partial charge in [-0.15, -0.1) is 0 Å². The highest BCUT2D eigenvalue weighted by Crippen LogP contribution is 2.22. The van der Waals surface area contributed by atoms with Crippen LogP contribution in [-0.2, 0) is 0 Å². The Labute approximate surface area is 106 Å². The summed E-state index contributed by atoms with van der Waals surface area (Å²) in [6.07, 6.45) is 0. The van der Waals surface area contributed by atoms with Gasteiger partial charge in [-0.25, -0.2) is 14.1 Å². The maximum absolute atomic E-state index is 13.3. The molecule has 0 aliphatic carbocycles. The second-order valence-electron chi connectivity index (χ2n) is 4.51. The second-order valence-corrected chi connectivity index (χ2v) is 4.51. The first-order chi connectivity index (χ1) is 8.49. The van der Waals surface area contributed by atoms with Crippen LogP contribution in [0.4, 0.5) is 4.39 Å². The number of nitrogens with two attached hydrogens (primary N) is 1. The number of rotatable bonds is 3. The molecule has 1 heterocycles. The van der Waals surface area contributed by atoms with Gasteiger partial charge in [-0.2, -0.15) is 5.10 Å². The lowest BCUT2D eigenvalue weighted by atomic mass is 10.0. The zero-order chi connectivity index (χ0) is 13.3. The molecule has 2 aromatic rings. The number of aryl methyl sites for hydroxylation is 2. The third-order valence-electron chi connectivity index (χ3n) is 2.86. The molecule has 2 N–H and O–H groups in total. The molecule has 0 aliphatic rings. The van der Waals surface area contributed by atoms with Gasteiger partial charge in [0.2, 0.25) is 0 Å². The smallest absolute Gasteiger partial charge is 0.147 e. The highest BCUT2D eigenvalue weighted by Gasteiger charge is 2.22. The third kappa shape index (κ3) is 2.41. The first-order valence-electron chi connectivity index (χ1n) is 5.90. The van der Waals surface area contributed by atoms with Crippen molar-refractivity contribution < 1.29 is 4.39 Å². The molecule has 18 heavy (non-hydrogen) atoms. The fourth-order valence-corrected chi connectivity index (χ4v) is 2.16. The molecule has 0 saturated heterocycles. The number of aromatic nitrogens is 3. The van der Waals surface area contributed by atoms with Crippen molar-refractivity contribution in [3.05, 3.63) is 47.3 Å². The van der Waals surface area contributed by atoms with Crippen LogP contribution in [0, 0.1) is 19.7 Å². The standard InChI is InChI=1S/C13H17FN4/c1-8(15)13(11-5-4-6-12(14)7-11)18-10(3)16-9(2)17-18/h4-8,13H,15H2,1-3H3. The normalized spacial score (nSPS) is 14.5. The molecule has 2 rings (SSSR count). The highest BCUT2D eigenvalue weighted by atomic mass is 19.1. The Morgan fingerprint density at radius 3 is 2.56 bits per heavy atom. The van der Waals surface area contributed by atoms with Crippen molar-refractivity contribution in [2.45, 2.75) is 32.9 Å². The topological polar surface area (TPSA) is 56.7 Å². The van der Waals surface area contributed by atoms with Gasteiger partial charge < -0.3 is 5.73 Å². The van der Waals surface area contributed by atoms with E-state index in [9.17, 15) is 4.39 Å². The minimum Gasteiger partial charge on any atom is -0.326 e. The quantitative estimate of drug-likeness (QED) is 0.903. The molecule has 4 nitrogen and oxygen atoms in total. The van der Waals surface area contributed by atoms with Gasteiger partial charge >= 0.3 is 0 Å².